The molecule has 2 heterocycles. The fourth-order valence-corrected chi connectivity index (χ4v) is 6.28. The van der Waals surface area contributed by atoms with E-state index in [1.54, 1.807) is 0 Å². The number of hydrogen-bond acceptors (Lipinski definition) is 2. The van der Waals surface area contributed by atoms with Gasteiger partial charge >= 0.3 is 6.09 Å². The van der Waals surface area contributed by atoms with Gasteiger partial charge in [-0.2, -0.15) is 0 Å². The van der Waals surface area contributed by atoms with Crippen molar-refractivity contribution in [1.82, 2.24) is 4.90 Å². The maximum Gasteiger partial charge on any atom is 0.410 e. The minimum Gasteiger partial charge on any atom is -0.448 e. The highest BCUT2D eigenvalue weighted by Gasteiger charge is 2.39. The monoisotopic (exact) mass is 449 g/mol. The van der Waals surface area contributed by atoms with E-state index in [4.69, 9.17) is 4.74 Å². The van der Waals surface area contributed by atoms with Crippen molar-refractivity contribution in [2.45, 2.75) is 57.5 Å². The van der Waals surface area contributed by atoms with Crippen molar-refractivity contribution in [2.24, 2.45) is 0 Å². The summed E-state index contributed by atoms with van der Waals surface area (Å²) in [6.07, 6.45) is 6.30. The van der Waals surface area contributed by atoms with Crippen LogP contribution >= 0.6 is 0 Å². The van der Waals surface area contributed by atoms with Crippen molar-refractivity contribution in [2.75, 3.05) is 6.61 Å². The molecule has 1 aliphatic carbocycles. The Morgan fingerprint density at radius 3 is 2.26 bits per heavy atom. The van der Waals surface area contributed by atoms with Crippen molar-refractivity contribution < 1.29 is 9.53 Å². The first-order valence-corrected chi connectivity index (χ1v) is 12.5. The van der Waals surface area contributed by atoms with Crippen LogP contribution in [0.5, 0.6) is 0 Å². The Labute approximate surface area is 202 Å². The number of aryl methyl sites for hydroxylation is 1. The molecule has 34 heavy (non-hydrogen) atoms. The molecular formula is C31H31NO2. The van der Waals surface area contributed by atoms with Crippen molar-refractivity contribution in [3.05, 3.63) is 101 Å². The first kappa shape index (κ1) is 21.2. The number of carbonyl (C=O) groups excluding carboxylic acids is 1. The van der Waals surface area contributed by atoms with Gasteiger partial charge < -0.3 is 4.74 Å². The van der Waals surface area contributed by atoms with Gasteiger partial charge in [0.2, 0.25) is 0 Å². The molecule has 0 spiro atoms. The highest BCUT2D eigenvalue weighted by atomic mass is 16.6. The van der Waals surface area contributed by atoms with Crippen molar-refractivity contribution in [3.63, 3.8) is 0 Å². The SMILES string of the molecule is Cc1cccc(C2=CC3CCCC(C2)N3C(=O)OCC2c3ccccc3-c3ccccc32)c1C. The fraction of sp³-hybridized carbons (Fsp3) is 0.323. The van der Waals surface area contributed by atoms with Gasteiger partial charge in [0.25, 0.3) is 0 Å². The van der Waals surface area contributed by atoms with E-state index < -0.39 is 0 Å². The van der Waals surface area contributed by atoms with E-state index in [1.807, 2.05) is 4.90 Å². The normalized spacial score (nSPS) is 21.0. The van der Waals surface area contributed by atoms with Crippen LogP contribution in [0.2, 0.25) is 0 Å². The third-order valence-electron chi connectivity index (χ3n) is 8.13. The topological polar surface area (TPSA) is 29.5 Å². The lowest BCUT2D eigenvalue weighted by Crippen LogP contribution is -2.51. The van der Waals surface area contributed by atoms with Crippen molar-refractivity contribution in [3.8, 4) is 11.1 Å². The van der Waals surface area contributed by atoms with Crippen LogP contribution in [0.3, 0.4) is 0 Å². The molecule has 3 heteroatoms. The molecule has 1 fully saturated rings. The number of benzene rings is 3. The number of amides is 1. The van der Waals surface area contributed by atoms with E-state index in [0.29, 0.717) is 6.61 Å². The Bertz CT molecular complexity index is 1240. The smallest absolute Gasteiger partial charge is 0.410 e. The van der Waals surface area contributed by atoms with Crippen LogP contribution in [0.1, 0.15) is 59.4 Å². The number of nitrogens with zero attached hydrogens (tertiary/aromatic N) is 1. The maximum absolute atomic E-state index is 13.4. The molecule has 2 aliphatic heterocycles. The molecule has 0 saturated carbocycles. The van der Waals surface area contributed by atoms with Crippen LogP contribution < -0.4 is 0 Å². The Hall–Kier alpha value is -3.33. The van der Waals surface area contributed by atoms with Gasteiger partial charge in [-0.05, 0) is 84.0 Å². The molecule has 3 aliphatic rings. The van der Waals surface area contributed by atoms with Gasteiger partial charge in [-0.1, -0.05) is 72.8 Å². The summed E-state index contributed by atoms with van der Waals surface area (Å²) in [7, 11) is 0. The van der Waals surface area contributed by atoms with Crippen molar-refractivity contribution in [1.29, 1.82) is 0 Å². The summed E-state index contributed by atoms with van der Waals surface area (Å²) in [5.74, 6) is 0.0991. The molecule has 6 rings (SSSR count). The Morgan fingerprint density at radius 1 is 0.882 bits per heavy atom. The molecule has 3 aromatic carbocycles. The van der Waals surface area contributed by atoms with Crippen molar-refractivity contribution >= 4 is 11.7 Å². The minimum absolute atomic E-state index is 0.0991. The van der Waals surface area contributed by atoms with Crippen LogP contribution in [0.25, 0.3) is 16.7 Å². The first-order chi connectivity index (χ1) is 16.6. The van der Waals surface area contributed by atoms with E-state index in [2.05, 4.69) is 86.7 Å². The van der Waals surface area contributed by atoms with Gasteiger partial charge in [-0.15, -0.1) is 0 Å². The van der Waals surface area contributed by atoms with Gasteiger partial charge in [-0.3, -0.25) is 4.90 Å². The summed E-state index contributed by atoms with van der Waals surface area (Å²) in [6.45, 7) is 4.77. The minimum atomic E-state index is -0.159. The second kappa shape index (κ2) is 8.47. The number of carbonyl (C=O) groups is 1. The molecule has 172 valence electrons. The van der Waals surface area contributed by atoms with Crippen LogP contribution in [0.15, 0.2) is 72.8 Å². The van der Waals surface area contributed by atoms with Gasteiger partial charge in [0.15, 0.2) is 0 Å². The number of piperidine rings is 1. The summed E-state index contributed by atoms with van der Waals surface area (Å²) in [5.41, 5.74) is 10.4. The highest BCUT2D eigenvalue weighted by Crippen LogP contribution is 2.45. The summed E-state index contributed by atoms with van der Waals surface area (Å²) < 4.78 is 6.06. The fourth-order valence-electron chi connectivity index (χ4n) is 6.28. The molecule has 3 aromatic rings. The average molecular weight is 450 g/mol. The van der Waals surface area contributed by atoms with Crippen LogP contribution in [0.4, 0.5) is 4.79 Å². The zero-order valence-electron chi connectivity index (χ0n) is 20.0. The van der Waals surface area contributed by atoms with E-state index in [0.717, 1.165) is 19.3 Å². The van der Waals surface area contributed by atoms with Gasteiger partial charge in [-0.25, -0.2) is 4.79 Å². The van der Waals surface area contributed by atoms with Crippen LogP contribution in [0, 0.1) is 13.8 Å². The van der Waals surface area contributed by atoms with E-state index in [9.17, 15) is 4.79 Å². The number of fused-ring (bicyclic) bond motifs is 5. The van der Waals surface area contributed by atoms with E-state index >= 15 is 0 Å². The Balaban J connectivity index is 1.23. The standard InChI is InChI=1S/C31H31NO2/c1-20-9-7-16-25(21(20)2)22-17-23-10-8-11-24(18-22)32(23)31(33)34-19-30-28-14-5-3-12-26(28)27-13-4-6-15-29(27)30/h3-7,9,12-17,23-24,30H,8,10-11,18-19H2,1-2H3. The predicted octanol–water partition coefficient (Wildman–Crippen LogP) is 7.26. The molecule has 1 amide bonds. The lowest BCUT2D eigenvalue weighted by molar-refractivity contribution is 0.0539. The maximum atomic E-state index is 13.4. The van der Waals surface area contributed by atoms with Crippen LogP contribution in [-0.4, -0.2) is 29.7 Å². The quantitative estimate of drug-likeness (QED) is 0.421. The summed E-state index contributed by atoms with van der Waals surface area (Å²) >= 11 is 0. The summed E-state index contributed by atoms with van der Waals surface area (Å²) in [5, 5.41) is 0. The second-order valence-electron chi connectivity index (χ2n) is 10.0. The first-order valence-electron chi connectivity index (χ1n) is 12.5. The van der Waals surface area contributed by atoms with Gasteiger partial charge in [0.05, 0.1) is 6.04 Å². The molecule has 2 bridgehead atoms. The van der Waals surface area contributed by atoms with Crippen LogP contribution in [-0.2, 0) is 4.74 Å². The lowest BCUT2D eigenvalue weighted by atomic mass is 9.81. The molecule has 0 radical (unpaired) electrons. The Kier molecular flexibility index (Phi) is 5.28. The van der Waals surface area contributed by atoms with Gasteiger partial charge in [0, 0.05) is 12.0 Å². The number of rotatable bonds is 3. The number of ether oxygens (including phenoxy) is 1. The summed E-state index contributed by atoms with van der Waals surface area (Å²) in [6, 6.07) is 23.9. The third kappa shape index (κ3) is 3.46. The number of hydrogen-bond donors (Lipinski definition) is 0. The predicted molar refractivity (Wildman–Crippen MR) is 137 cm³/mol. The molecular weight excluding hydrogens is 418 g/mol. The Morgan fingerprint density at radius 2 is 1.56 bits per heavy atom. The molecule has 2 atom stereocenters. The van der Waals surface area contributed by atoms with E-state index in [1.165, 1.54) is 50.9 Å². The lowest BCUT2D eigenvalue weighted by Gasteiger charge is -2.44. The average Bonchev–Trinajstić information content (AvgIpc) is 3.17. The molecule has 0 aromatic heterocycles. The largest absolute Gasteiger partial charge is 0.448 e. The highest BCUT2D eigenvalue weighted by molar-refractivity contribution is 5.79. The second-order valence-corrected chi connectivity index (χ2v) is 10.0. The molecule has 3 nitrogen and oxygen atoms in total. The zero-order chi connectivity index (χ0) is 23.2. The zero-order valence-corrected chi connectivity index (χ0v) is 20.0. The third-order valence-corrected chi connectivity index (χ3v) is 8.13. The molecule has 2 unspecified atom stereocenters. The molecule has 1 saturated heterocycles. The molecule has 0 N–H and O–H groups in total. The summed E-state index contributed by atoms with van der Waals surface area (Å²) in [4.78, 5) is 15.5. The van der Waals surface area contributed by atoms with E-state index in [-0.39, 0.29) is 24.1 Å². The van der Waals surface area contributed by atoms with Gasteiger partial charge in [0.1, 0.15) is 6.61 Å².